The second-order valence-electron chi connectivity index (χ2n) is 3.50. The molecule has 2 aromatic rings. The molecule has 1 N–H and O–H groups in total. The molecular weight excluding hydrogens is 271 g/mol. The van der Waals surface area contributed by atoms with Crippen LogP contribution in [-0.4, -0.2) is 25.5 Å². The molecular formula is C10H8F3NO3S. The van der Waals surface area contributed by atoms with Crippen LogP contribution in [0.15, 0.2) is 30.5 Å². The topological polar surface area (TPSA) is 51.5 Å². The van der Waals surface area contributed by atoms with Crippen LogP contribution in [0.25, 0.3) is 10.9 Å². The predicted octanol–water partition coefficient (Wildman–Crippen LogP) is 2.57. The Morgan fingerprint density at radius 2 is 2.06 bits per heavy atom. The van der Waals surface area contributed by atoms with Crippen LogP contribution in [0.3, 0.4) is 0 Å². The molecule has 4 nitrogen and oxygen atoms in total. The molecule has 0 saturated heterocycles. The first-order valence-electron chi connectivity index (χ1n) is 4.79. The van der Waals surface area contributed by atoms with E-state index in [0.29, 0.717) is 10.9 Å². The van der Waals surface area contributed by atoms with E-state index in [-0.39, 0.29) is 5.75 Å². The summed E-state index contributed by atoms with van der Waals surface area (Å²) in [5.41, 5.74) is 0.329. The fraction of sp³-hybridized carbons (Fsp3) is 0.200. The summed E-state index contributed by atoms with van der Waals surface area (Å²) in [6, 6.07) is 5.76. The molecule has 1 heterocycles. The van der Waals surface area contributed by atoms with Gasteiger partial charge in [-0.25, -0.2) is 8.18 Å². The van der Waals surface area contributed by atoms with Crippen molar-refractivity contribution in [3.05, 3.63) is 30.5 Å². The summed E-state index contributed by atoms with van der Waals surface area (Å²) in [5, 5.41) is 0.636. The van der Waals surface area contributed by atoms with Gasteiger partial charge in [-0.05, 0) is 18.2 Å². The molecule has 8 heteroatoms. The van der Waals surface area contributed by atoms with Gasteiger partial charge in [0.15, 0.2) is 6.61 Å². The number of hydrogen-bond donors (Lipinski definition) is 1. The van der Waals surface area contributed by atoms with Gasteiger partial charge in [-0.2, -0.15) is 13.2 Å². The highest BCUT2D eigenvalue weighted by molar-refractivity contribution is 7.77. The Labute approximate surface area is 102 Å². The largest absolute Gasteiger partial charge is 0.484 e. The molecule has 0 radical (unpaired) electrons. The normalized spacial score (nSPS) is 13.8. The molecule has 0 spiro atoms. The first kappa shape index (κ1) is 12.9. The van der Waals surface area contributed by atoms with Crippen molar-refractivity contribution in [3.63, 3.8) is 0 Å². The van der Waals surface area contributed by atoms with E-state index in [1.165, 1.54) is 24.4 Å². The number of ether oxygens (including phenoxy) is 1. The molecule has 98 valence electrons. The first-order valence-corrected chi connectivity index (χ1v) is 5.85. The molecule has 0 saturated carbocycles. The number of aromatic nitrogens is 1. The zero-order chi connectivity index (χ0) is 13.3. The van der Waals surface area contributed by atoms with Gasteiger partial charge in [0.05, 0.1) is 5.52 Å². The van der Waals surface area contributed by atoms with Gasteiger partial charge < -0.3 is 4.74 Å². The van der Waals surface area contributed by atoms with Crippen molar-refractivity contribution >= 4 is 22.2 Å². The number of alkyl halides is 3. The highest BCUT2D eigenvalue weighted by Crippen LogP contribution is 2.24. The van der Waals surface area contributed by atoms with Gasteiger partial charge >= 0.3 is 6.18 Å². The zero-order valence-corrected chi connectivity index (χ0v) is 9.66. The molecule has 0 aliphatic carbocycles. The minimum Gasteiger partial charge on any atom is -0.484 e. The van der Waals surface area contributed by atoms with Gasteiger partial charge in [-0.3, -0.25) is 4.55 Å². The molecule has 18 heavy (non-hydrogen) atoms. The van der Waals surface area contributed by atoms with Crippen LogP contribution in [0.4, 0.5) is 13.2 Å². The Kier molecular flexibility index (Phi) is 3.31. The predicted molar refractivity (Wildman–Crippen MR) is 59.7 cm³/mol. The van der Waals surface area contributed by atoms with Crippen molar-refractivity contribution < 1.29 is 26.7 Å². The summed E-state index contributed by atoms with van der Waals surface area (Å²) in [5.74, 6) is -0.00905. The summed E-state index contributed by atoms with van der Waals surface area (Å²) in [4.78, 5) is 0. The van der Waals surface area contributed by atoms with E-state index in [1.807, 2.05) is 0 Å². The van der Waals surface area contributed by atoms with Crippen molar-refractivity contribution in [2.75, 3.05) is 6.61 Å². The van der Waals surface area contributed by atoms with E-state index in [2.05, 4.69) is 4.74 Å². The third-order valence-electron chi connectivity index (χ3n) is 2.20. The van der Waals surface area contributed by atoms with E-state index in [9.17, 15) is 17.4 Å². The highest BCUT2D eigenvalue weighted by atomic mass is 32.2. The molecule has 0 aliphatic heterocycles. The van der Waals surface area contributed by atoms with E-state index < -0.39 is 24.0 Å². The molecule has 1 aromatic carbocycles. The lowest BCUT2D eigenvalue weighted by Crippen LogP contribution is -2.19. The van der Waals surface area contributed by atoms with Gasteiger partial charge in [-0.15, -0.1) is 0 Å². The van der Waals surface area contributed by atoms with Crippen molar-refractivity contribution in [1.82, 2.24) is 3.97 Å². The Morgan fingerprint density at radius 3 is 2.67 bits per heavy atom. The van der Waals surface area contributed by atoms with Crippen LogP contribution in [0.2, 0.25) is 0 Å². The third kappa shape index (κ3) is 2.82. The fourth-order valence-corrected chi connectivity index (χ4v) is 1.97. The SMILES string of the molecule is O=S(O)n1ccc2ccc(OCC(F)(F)F)cc21. The van der Waals surface area contributed by atoms with Crippen molar-refractivity contribution in [2.45, 2.75) is 6.18 Å². The van der Waals surface area contributed by atoms with E-state index in [1.54, 1.807) is 6.07 Å². The maximum atomic E-state index is 12.0. The zero-order valence-electron chi connectivity index (χ0n) is 8.85. The van der Waals surface area contributed by atoms with Crippen LogP contribution < -0.4 is 4.74 Å². The second-order valence-corrected chi connectivity index (χ2v) is 4.35. The highest BCUT2D eigenvalue weighted by Gasteiger charge is 2.28. The quantitative estimate of drug-likeness (QED) is 0.878. The summed E-state index contributed by atoms with van der Waals surface area (Å²) in [6.45, 7) is -1.40. The number of halogens is 3. The van der Waals surface area contributed by atoms with Gasteiger partial charge in [0, 0.05) is 17.6 Å². The maximum Gasteiger partial charge on any atom is 0.422 e. The average molecular weight is 279 g/mol. The van der Waals surface area contributed by atoms with Crippen molar-refractivity contribution in [3.8, 4) is 5.75 Å². The van der Waals surface area contributed by atoms with E-state index in [4.69, 9.17) is 4.55 Å². The van der Waals surface area contributed by atoms with Crippen LogP contribution in [-0.2, 0) is 11.3 Å². The average Bonchev–Trinajstić information content (AvgIpc) is 2.68. The Balaban J connectivity index is 2.31. The van der Waals surface area contributed by atoms with Crippen molar-refractivity contribution in [2.24, 2.45) is 0 Å². The number of benzene rings is 1. The summed E-state index contributed by atoms with van der Waals surface area (Å²) < 4.78 is 61.5. The van der Waals surface area contributed by atoms with E-state index >= 15 is 0 Å². The van der Waals surface area contributed by atoms with Crippen molar-refractivity contribution in [1.29, 1.82) is 0 Å². The number of fused-ring (bicyclic) bond motifs is 1. The monoisotopic (exact) mass is 279 g/mol. The minimum absolute atomic E-state index is 0.00905. The fourth-order valence-electron chi connectivity index (χ4n) is 1.47. The lowest BCUT2D eigenvalue weighted by atomic mass is 10.2. The smallest absolute Gasteiger partial charge is 0.422 e. The van der Waals surface area contributed by atoms with E-state index in [0.717, 1.165) is 3.97 Å². The number of nitrogens with zero attached hydrogens (tertiary/aromatic N) is 1. The minimum atomic E-state index is -4.42. The molecule has 0 aliphatic rings. The second kappa shape index (κ2) is 4.62. The third-order valence-corrected chi connectivity index (χ3v) is 2.85. The summed E-state index contributed by atoms with van der Waals surface area (Å²) in [6.07, 6.45) is -3.05. The number of rotatable bonds is 3. The lowest BCUT2D eigenvalue weighted by Gasteiger charge is -2.09. The van der Waals surface area contributed by atoms with Gasteiger partial charge in [-0.1, -0.05) is 0 Å². The van der Waals surface area contributed by atoms with Crippen LogP contribution in [0.5, 0.6) is 5.75 Å². The number of hydrogen-bond acceptors (Lipinski definition) is 2. The molecule has 0 fully saturated rings. The maximum absolute atomic E-state index is 12.0. The molecule has 1 unspecified atom stereocenters. The lowest BCUT2D eigenvalue weighted by molar-refractivity contribution is -0.153. The molecule has 0 bridgehead atoms. The standard InChI is InChI=1S/C10H8F3NO3S/c11-10(12,13)6-17-8-2-1-7-3-4-14(18(15)16)9(7)5-8/h1-5H,6H2,(H,15,16). The molecule has 0 amide bonds. The van der Waals surface area contributed by atoms with Crippen LogP contribution in [0, 0.1) is 0 Å². The van der Waals surface area contributed by atoms with Gasteiger partial charge in [0.1, 0.15) is 5.75 Å². The Morgan fingerprint density at radius 1 is 1.33 bits per heavy atom. The molecule has 1 atom stereocenters. The first-order chi connectivity index (χ1) is 8.37. The van der Waals surface area contributed by atoms with Crippen LogP contribution >= 0.6 is 0 Å². The molecule has 1 aromatic heterocycles. The Hall–Kier alpha value is -1.54. The summed E-state index contributed by atoms with van der Waals surface area (Å²) >= 11 is -2.26. The molecule has 2 rings (SSSR count). The van der Waals surface area contributed by atoms with Gasteiger partial charge in [0.25, 0.3) is 11.3 Å². The summed E-state index contributed by atoms with van der Waals surface area (Å²) in [7, 11) is 0. The Bertz CT molecular complexity index is 594. The van der Waals surface area contributed by atoms with Gasteiger partial charge in [0.2, 0.25) is 0 Å². The van der Waals surface area contributed by atoms with Crippen LogP contribution in [0.1, 0.15) is 0 Å².